The molecule has 1 aliphatic heterocycles. The summed E-state index contributed by atoms with van der Waals surface area (Å²) >= 11 is 0. The van der Waals surface area contributed by atoms with Crippen LogP contribution in [0.3, 0.4) is 0 Å². The number of benzene rings is 3. The molecule has 39 heavy (non-hydrogen) atoms. The van der Waals surface area contributed by atoms with Crippen LogP contribution >= 0.6 is 0 Å². The maximum absolute atomic E-state index is 13.5. The van der Waals surface area contributed by atoms with Gasteiger partial charge in [0.2, 0.25) is 10.0 Å². The first-order chi connectivity index (χ1) is 18.6. The van der Waals surface area contributed by atoms with Gasteiger partial charge in [0.15, 0.2) is 0 Å². The zero-order valence-electron chi connectivity index (χ0n) is 22.4. The van der Waals surface area contributed by atoms with Gasteiger partial charge in [0.1, 0.15) is 5.82 Å². The largest absolute Gasteiger partial charge is 0.293 e. The molecule has 0 aliphatic carbocycles. The minimum Gasteiger partial charge on any atom is -0.293 e. The van der Waals surface area contributed by atoms with Crippen molar-refractivity contribution in [1.82, 2.24) is 19.0 Å². The third kappa shape index (κ3) is 5.74. The molecule has 1 fully saturated rings. The Bertz CT molecular complexity index is 1620. The van der Waals surface area contributed by atoms with Crippen LogP contribution in [0.15, 0.2) is 66.9 Å². The molecule has 0 radical (unpaired) electrons. The molecule has 0 N–H and O–H groups in total. The molecule has 4 aromatic rings. The number of rotatable bonds is 7. The van der Waals surface area contributed by atoms with Crippen molar-refractivity contribution in [1.29, 1.82) is 5.26 Å². The number of halogens is 1. The standard InChI is InChI=1S/C30H32FN5O2S/c1-21(2)18-34-12-13-35(39(37,38)20-24-6-4-23(16-32)5-7-24)19-30(34)28-15-25-17-33-36(29(25)14-22(28)3)27-10-8-26(31)9-11-27/h4-11,14-15,17,21,30H,12-13,18-20H2,1-3H3. The molecule has 0 amide bonds. The molecule has 5 rings (SSSR count). The Morgan fingerprint density at radius 3 is 2.46 bits per heavy atom. The number of hydrogen-bond acceptors (Lipinski definition) is 5. The van der Waals surface area contributed by atoms with Crippen LogP contribution in [0.4, 0.5) is 4.39 Å². The van der Waals surface area contributed by atoms with Crippen molar-refractivity contribution in [3.05, 3.63) is 94.9 Å². The van der Waals surface area contributed by atoms with E-state index in [1.807, 2.05) is 0 Å². The Morgan fingerprint density at radius 1 is 1.08 bits per heavy atom. The lowest BCUT2D eigenvalue weighted by Crippen LogP contribution is -2.51. The fraction of sp³-hybridized carbons (Fsp3) is 0.333. The summed E-state index contributed by atoms with van der Waals surface area (Å²) in [6.45, 7) is 8.70. The third-order valence-electron chi connectivity index (χ3n) is 7.27. The summed E-state index contributed by atoms with van der Waals surface area (Å²) in [5, 5.41) is 14.6. The molecule has 1 aliphatic rings. The van der Waals surface area contributed by atoms with Gasteiger partial charge in [-0.25, -0.2) is 17.5 Å². The lowest BCUT2D eigenvalue weighted by atomic mass is 9.96. The lowest BCUT2D eigenvalue weighted by Gasteiger charge is -2.42. The van der Waals surface area contributed by atoms with Crippen LogP contribution in [0.1, 0.15) is 42.1 Å². The van der Waals surface area contributed by atoms with E-state index < -0.39 is 10.0 Å². The predicted molar refractivity (Wildman–Crippen MR) is 150 cm³/mol. The first-order valence-electron chi connectivity index (χ1n) is 13.1. The Hall–Kier alpha value is -3.58. The van der Waals surface area contributed by atoms with Gasteiger partial charge >= 0.3 is 0 Å². The summed E-state index contributed by atoms with van der Waals surface area (Å²) in [6, 6.07) is 19.1. The Balaban J connectivity index is 1.46. The van der Waals surface area contributed by atoms with Crippen molar-refractivity contribution in [2.45, 2.75) is 32.6 Å². The molecule has 7 nitrogen and oxygen atoms in total. The number of aromatic nitrogens is 2. The molecule has 1 atom stereocenters. The molecule has 1 aromatic heterocycles. The van der Waals surface area contributed by atoms with Gasteiger partial charge in [-0.1, -0.05) is 26.0 Å². The molecule has 9 heteroatoms. The normalized spacial score (nSPS) is 17.1. The van der Waals surface area contributed by atoms with Gasteiger partial charge in [-0.05, 0) is 78.1 Å². The molecule has 202 valence electrons. The van der Waals surface area contributed by atoms with Gasteiger partial charge in [-0.3, -0.25) is 4.90 Å². The molecule has 1 unspecified atom stereocenters. The first-order valence-corrected chi connectivity index (χ1v) is 14.7. The smallest absolute Gasteiger partial charge is 0.218 e. The van der Waals surface area contributed by atoms with E-state index in [1.54, 1.807) is 51.6 Å². The summed E-state index contributed by atoms with van der Waals surface area (Å²) in [5.41, 5.74) is 5.00. The van der Waals surface area contributed by atoms with Crippen molar-refractivity contribution < 1.29 is 12.8 Å². The van der Waals surface area contributed by atoms with Gasteiger partial charge in [0.05, 0.1) is 34.8 Å². The predicted octanol–water partition coefficient (Wildman–Crippen LogP) is 5.19. The highest BCUT2D eigenvalue weighted by Crippen LogP contribution is 2.33. The molecule has 3 aromatic carbocycles. The van der Waals surface area contributed by atoms with E-state index in [9.17, 15) is 12.8 Å². The highest BCUT2D eigenvalue weighted by Gasteiger charge is 2.35. The number of aryl methyl sites for hydroxylation is 1. The second kappa shape index (κ2) is 10.9. The summed E-state index contributed by atoms with van der Waals surface area (Å²) in [7, 11) is -3.56. The van der Waals surface area contributed by atoms with Gasteiger partial charge in [-0.15, -0.1) is 0 Å². The Morgan fingerprint density at radius 2 is 1.79 bits per heavy atom. The number of fused-ring (bicyclic) bond motifs is 1. The number of hydrogen-bond donors (Lipinski definition) is 0. The van der Waals surface area contributed by atoms with Crippen molar-refractivity contribution in [2.24, 2.45) is 5.92 Å². The van der Waals surface area contributed by atoms with E-state index in [4.69, 9.17) is 5.26 Å². The quantitative estimate of drug-likeness (QED) is 0.319. The third-order valence-corrected chi connectivity index (χ3v) is 9.08. The number of nitriles is 1. The fourth-order valence-corrected chi connectivity index (χ4v) is 6.88. The fourth-order valence-electron chi connectivity index (χ4n) is 5.35. The summed E-state index contributed by atoms with van der Waals surface area (Å²) in [4.78, 5) is 2.39. The zero-order valence-corrected chi connectivity index (χ0v) is 23.2. The van der Waals surface area contributed by atoms with Crippen LogP contribution in [0, 0.1) is 30.0 Å². The van der Waals surface area contributed by atoms with Crippen LogP contribution in [-0.2, 0) is 15.8 Å². The average Bonchev–Trinajstić information content (AvgIpc) is 3.31. The maximum atomic E-state index is 13.5. The molecule has 1 saturated heterocycles. The maximum Gasteiger partial charge on any atom is 0.218 e. The monoisotopic (exact) mass is 545 g/mol. The SMILES string of the molecule is Cc1cc2c(cnn2-c2ccc(F)cc2)cc1C1CN(S(=O)(=O)Cc2ccc(C#N)cc2)CCN1CC(C)C. The van der Waals surface area contributed by atoms with Crippen LogP contribution < -0.4 is 0 Å². The highest BCUT2D eigenvalue weighted by molar-refractivity contribution is 7.88. The molecular formula is C30H32FN5O2S. The van der Waals surface area contributed by atoms with E-state index in [0.717, 1.165) is 34.3 Å². The average molecular weight is 546 g/mol. The number of nitrogens with zero attached hydrogens (tertiary/aromatic N) is 5. The van der Waals surface area contributed by atoms with Crippen molar-refractivity contribution >= 4 is 20.9 Å². The van der Waals surface area contributed by atoms with Crippen LogP contribution in [0.25, 0.3) is 16.6 Å². The van der Waals surface area contributed by atoms with E-state index in [-0.39, 0.29) is 17.6 Å². The second-order valence-corrected chi connectivity index (χ2v) is 12.6. The van der Waals surface area contributed by atoms with E-state index in [2.05, 4.69) is 49.0 Å². The molecular weight excluding hydrogens is 513 g/mol. The van der Waals surface area contributed by atoms with E-state index in [0.29, 0.717) is 36.7 Å². The molecule has 0 spiro atoms. The Kier molecular flexibility index (Phi) is 7.54. The highest BCUT2D eigenvalue weighted by atomic mass is 32.2. The van der Waals surface area contributed by atoms with E-state index in [1.165, 1.54) is 12.1 Å². The summed E-state index contributed by atoms with van der Waals surface area (Å²) in [5.74, 6) is 0.0346. The Labute approximate surface area is 229 Å². The molecule has 0 saturated carbocycles. The van der Waals surface area contributed by atoms with E-state index >= 15 is 0 Å². The first kappa shape index (κ1) is 27.0. The van der Waals surface area contributed by atoms with Gasteiger partial charge < -0.3 is 0 Å². The van der Waals surface area contributed by atoms with Crippen LogP contribution in [-0.4, -0.2) is 53.6 Å². The minimum absolute atomic E-state index is 0.0991. The van der Waals surface area contributed by atoms with Crippen molar-refractivity contribution in [2.75, 3.05) is 26.2 Å². The lowest BCUT2D eigenvalue weighted by molar-refractivity contribution is 0.105. The minimum atomic E-state index is -3.56. The zero-order chi connectivity index (χ0) is 27.7. The van der Waals surface area contributed by atoms with Crippen molar-refractivity contribution in [3.8, 4) is 11.8 Å². The second-order valence-electron chi connectivity index (χ2n) is 10.6. The van der Waals surface area contributed by atoms with Gasteiger partial charge in [0.25, 0.3) is 0 Å². The van der Waals surface area contributed by atoms with Crippen LogP contribution in [0.2, 0.25) is 0 Å². The molecule has 2 heterocycles. The summed E-state index contributed by atoms with van der Waals surface area (Å²) in [6.07, 6.45) is 1.80. The topological polar surface area (TPSA) is 82.2 Å². The van der Waals surface area contributed by atoms with Crippen LogP contribution in [0.5, 0.6) is 0 Å². The summed E-state index contributed by atoms with van der Waals surface area (Å²) < 4.78 is 43.9. The van der Waals surface area contributed by atoms with Crippen molar-refractivity contribution in [3.63, 3.8) is 0 Å². The molecule has 0 bridgehead atoms. The van der Waals surface area contributed by atoms with Gasteiger partial charge in [0, 0.05) is 37.6 Å². The number of sulfonamides is 1. The van der Waals surface area contributed by atoms with Gasteiger partial charge in [-0.2, -0.15) is 14.7 Å². The number of piperazine rings is 1.